The SMILES string of the molecule is Cc1nn(-c2ccc(Cl)cc2)cc1C(=O)N(C)C(C)CO. The molecule has 0 aliphatic carbocycles. The molecule has 0 spiro atoms. The molecule has 0 aliphatic heterocycles. The Morgan fingerprint density at radius 2 is 2.05 bits per heavy atom. The predicted molar refractivity (Wildman–Crippen MR) is 82.0 cm³/mol. The van der Waals surface area contributed by atoms with Crippen molar-refractivity contribution in [3.05, 3.63) is 46.7 Å². The molecule has 1 amide bonds. The van der Waals surface area contributed by atoms with Crippen LogP contribution in [0.4, 0.5) is 0 Å². The Morgan fingerprint density at radius 1 is 1.43 bits per heavy atom. The average Bonchev–Trinajstić information content (AvgIpc) is 2.87. The largest absolute Gasteiger partial charge is 0.394 e. The number of nitrogens with zero attached hydrogens (tertiary/aromatic N) is 3. The first-order valence-corrected chi connectivity index (χ1v) is 7.02. The van der Waals surface area contributed by atoms with Crippen LogP contribution in [0.25, 0.3) is 5.69 Å². The Hall–Kier alpha value is -1.85. The Morgan fingerprint density at radius 3 is 2.62 bits per heavy atom. The van der Waals surface area contributed by atoms with Crippen molar-refractivity contribution < 1.29 is 9.90 Å². The van der Waals surface area contributed by atoms with Gasteiger partial charge in [-0.05, 0) is 38.1 Å². The second-order valence-corrected chi connectivity index (χ2v) is 5.43. The van der Waals surface area contributed by atoms with Crippen LogP contribution in [0.1, 0.15) is 23.0 Å². The third kappa shape index (κ3) is 3.25. The van der Waals surface area contributed by atoms with Gasteiger partial charge in [-0.25, -0.2) is 4.68 Å². The maximum absolute atomic E-state index is 12.4. The number of aliphatic hydroxyl groups is 1. The van der Waals surface area contributed by atoms with E-state index in [0.717, 1.165) is 5.69 Å². The van der Waals surface area contributed by atoms with Gasteiger partial charge in [-0.2, -0.15) is 5.10 Å². The van der Waals surface area contributed by atoms with Gasteiger partial charge in [-0.3, -0.25) is 4.79 Å². The molecule has 2 aromatic rings. The number of hydrogen-bond donors (Lipinski definition) is 1. The molecule has 0 aliphatic rings. The summed E-state index contributed by atoms with van der Waals surface area (Å²) in [5.74, 6) is -0.158. The van der Waals surface area contributed by atoms with E-state index >= 15 is 0 Å². The molecule has 21 heavy (non-hydrogen) atoms. The number of hydrogen-bond acceptors (Lipinski definition) is 3. The fourth-order valence-corrected chi connectivity index (χ4v) is 2.03. The second-order valence-electron chi connectivity index (χ2n) is 5.00. The highest BCUT2D eigenvalue weighted by molar-refractivity contribution is 6.30. The molecular formula is C15H18ClN3O2. The highest BCUT2D eigenvalue weighted by Crippen LogP contribution is 2.16. The maximum atomic E-state index is 12.4. The molecular weight excluding hydrogens is 290 g/mol. The topological polar surface area (TPSA) is 58.4 Å². The van der Waals surface area contributed by atoms with E-state index in [9.17, 15) is 4.79 Å². The summed E-state index contributed by atoms with van der Waals surface area (Å²) in [5, 5.41) is 14.2. The van der Waals surface area contributed by atoms with Crippen molar-refractivity contribution in [3.8, 4) is 5.69 Å². The van der Waals surface area contributed by atoms with Crippen molar-refractivity contribution in [2.24, 2.45) is 0 Å². The van der Waals surface area contributed by atoms with E-state index in [4.69, 9.17) is 16.7 Å². The number of aromatic nitrogens is 2. The number of carbonyl (C=O) groups excluding carboxylic acids is 1. The molecule has 0 bridgehead atoms. The summed E-state index contributed by atoms with van der Waals surface area (Å²) in [6.07, 6.45) is 1.70. The Bertz CT molecular complexity index is 637. The van der Waals surface area contributed by atoms with Gasteiger partial charge in [0.2, 0.25) is 0 Å². The number of benzene rings is 1. The van der Waals surface area contributed by atoms with E-state index in [1.54, 1.807) is 43.9 Å². The Kier molecular flexibility index (Phi) is 4.65. The molecule has 6 heteroatoms. The minimum Gasteiger partial charge on any atom is -0.394 e. The van der Waals surface area contributed by atoms with Crippen molar-refractivity contribution in [2.75, 3.05) is 13.7 Å². The number of carbonyl (C=O) groups is 1. The first-order valence-electron chi connectivity index (χ1n) is 6.64. The number of aliphatic hydroxyl groups excluding tert-OH is 1. The second kappa shape index (κ2) is 6.28. The molecule has 1 N–H and O–H groups in total. The average molecular weight is 308 g/mol. The van der Waals surface area contributed by atoms with Crippen molar-refractivity contribution in [1.29, 1.82) is 0 Å². The summed E-state index contributed by atoms with van der Waals surface area (Å²) in [4.78, 5) is 13.9. The maximum Gasteiger partial charge on any atom is 0.257 e. The third-order valence-corrected chi connectivity index (χ3v) is 3.72. The van der Waals surface area contributed by atoms with E-state index in [1.807, 2.05) is 12.1 Å². The molecule has 0 radical (unpaired) electrons. The molecule has 112 valence electrons. The van der Waals surface area contributed by atoms with Crippen molar-refractivity contribution in [1.82, 2.24) is 14.7 Å². The molecule has 1 atom stereocenters. The fraction of sp³-hybridized carbons (Fsp3) is 0.333. The molecule has 0 saturated carbocycles. The van der Waals surface area contributed by atoms with Crippen molar-refractivity contribution in [2.45, 2.75) is 19.9 Å². The summed E-state index contributed by atoms with van der Waals surface area (Å²) in [7, 11) is 1.67. The zero-order valence-electron chi connectivity index (χ0n) is 12.2. The van der Waals surface area contributed by atoms with Gasteiger partial charge in [0.1, 0.15) is 0 Å². The zero-order chi connectivity index (χ0) is 15.6. The zero-order valence-corrected chi connectivity index (χ0v) is 13.0. The minimum absolute atomic E-state index is 0.0768. The standard InChI is InChI=1S/C15H18ClN3O2/c1-10(9-20)18(3)15(21)14-8-19(17-11(14)2)13-6-4-12(16)5-7-13/h4-8,10,20H,9H2,1-3H3. The molecule has 0 saturated heterocycles. The van der Waals surface area contributed by atoms with Crippen LogP contribution < -0.4 is 0 Å². The van der Waals surface area contributed by atoms with Crippen LogP contribution in [0.5, 0.6) is 0 Å². The normalized spacial score (nSPS) is 12.2. The summed E-state index contributed by atoms with van der Waals surface area (Å²) < 4.78 is 1.65. The van der Waals surface area contributed by atoms with Gasteiger partial charge in [0, 0.05) is 18.3 Å². The first-order chi connectivity index (χ1) is 9.93. The number of halogens is 1. The smallest absolute Gasteiger partial charge is 0.257 e. The highest BCUT2D eigenvalue weighted by atomic mass is 35.5. The number of amides is 1. The number of likely N-dealkylation sites (N-methyl/N-ethyl adjacent to an activating group) is 1. The van der Waals surface area contributed by atoms with Crippen molar-refractivity contribution >= 4 is 17.5 Å². The van der Waals surface area contributed by atoms with E-state index in [1.165, 1.54) is 4.90 Å². The molecule has 1 aromatic heterocycles. The van der Waals surface area contributed by atoms with E-state index < -0.39 is 0 Å². The van der Waals surface area contributed by atoms with Gasteiger partial charge in [-0.1, -0.05) is 11.6 Å². The summed E-state index contributed by atoms with van der Waals surface area (Å²) >= 11 is 5.86. The van der Waals surface area contributed by atoms with Gasteiger partial charge in [0.25, 0.3) is 5.91 Å². The molecule has 2 rings (SSSR count). The van der Waals surface area contributed by atoms with E-state index in [2.05, 4.69) is 5.10 Å². The Balaban J connectivity index is 2.31. The lowest BCUT2D eigenvalue weighted by Gasteiger charge is -2.22. The molecule has 1 unspecified atom stereocenters. The summed E-state index contributed by atoms with van der Waals surface area (Å²) in [6.45, 7) is 3.50. The van der Waals surface area contributed by atoms with Gasteiger partial charge >= 0.3 is 0 Å². The molecule has 1 heterocycles. The van der Waals surface area contributed by atoms with Gasteiger partial charge in [-0.15, -0.1) is 0 Å². The Labute approximate surface area is 128 Å². The lowest BCUT2D eigenvalue weighted by Crippen LogP contribution is -2.37. The minimum atomic E-state index is -0.240. The predicted octanol–water partition coefficient (Wildman–Crippen LogP) is 2.29. The van der Waals surface area contributed by atoms with E-state index in [-0.39, 0.29) is 18.6 Å². The van der Waals surface area contributed by atoms with Gasteiger partial charge in [0.05, 0.1) is 29.6 Å². The van der Waals surface area contributed by atoms with Crippen LogP contribution in [-0.4, -0.2) is 45.4 Å². The van der Waals surface area contributed by atoms with Crippen LogP contribution in [0, 0.1) is 6.92 Å². The fourth-order valence-electron chi connectivity index (χ4n) is 1.91. The van der Waals surface area contributed by atoms with Gasteiger partial charge in [0.15, 0.2) is 0 Å². The van der Waals surface area contributed by atoms with Crippen molar-refractivity contribution in [3.63, 3.8) is 0 Å². The summed E-state index contributed by atoms with van der Waals surface area (Å²) in [6, 6.07) is 6.98. The highest BCUT2D eigenvalue weighted by Gasteiger charge is 2.21. The lowest BCUT2D eigenvalue weighted by atomic mass is 10.2. The summed E-state index contributed by atoms with van der Waals surface area (Å²) in [5.41, 5.74) is 2.00. The van der Waals surface area contributed by atoms with Crippen LogP contribution in [0.2, 0.25) is 5.02 Å². The van der Waals surface area contributed by atoms with E-state index in [0.29, 0.717) is 16.3 Å². The molecule has 0 fully saturated rings. The quantitative estimate of drug-likeness (QED) is 0.943. The monoisotopic (exact) mass is 307 g/mol. The molecule has 1 aromatic carbocycles. The first kappa shape index (κ1) is 15.5. The van der Waals surface area contributed by atoms with Gasteiger partial charge < -0.3 is 10.0 Å². The number of aryl methyl sites for hydroxylation is 1. The number of rotatable bonds is 4. The lowest BCUT2D eigenvalue weighted by molar-refractivity contribution is 0.0681. The van der Waals surface area contributed by atoms with Crippen LogP contribution in [-0.2, 0) is 0 Å². The third-order valence-electron chi connectivity index (χ3n) is 3.47. The molecule has 5 nitrogen and oxygen atoms in total. The van der Waals surface area contributed by atoms with Crippen LogP contribution in [0.15, 0.2) is 30.5 Å². The van der Waals surface area contributed by atoms with Crippen LogP contribution in [0.3, 0.4) is 0 Å². The van der Waals surface area contributed by atoms with Crippen LogP contribution >= 0.6 is 11.6 Å².